The number of aryl methyl sites for hydroxylation is 1. The van der Waals surface area contributed by atoms with Crippen LogP contribution in [0, 0.1) is 6.92 Å². The van der Waals surface area contributed by atoms with Crippen LogP contribution in [0.1, 0.15) is 53.7 Å². The summed E-state index contributed by atoms with van der Waals surface area (Å²) in [5.74, 6) is 1.33. The minimum absolute atomic E-state index is 0.0238. The third kappa shape index (κ3) is 4.48. The number of anilines is 1. The second-order valence-electron chi connectivity index (χ2n) is 7.88. The zero-order chi connectivity index (χ0) is 21.1. The molecular formula is C22H28N4O3S. The van der Waals surface area contributed by atoms with Crippen molar-refractivity contribution in [1.29, 1.82) is 0 Å². The highest BCUT2D eigenvalue weighted by Crippen LogP contribution is 2.30. The number of rotatable bonds is 4. The molecule has 30 heavy (non-hydrogen) atoms. The van der Waals surface area contributed by atoms with Crippen LogP contribution in [0.15, 0.2) is 33.6 Å². The van der Waals surface area contributed by atoms with Crippen molar-refractivity contribution in [1.82, 2.24) is 14.8 Å². The van der Waals surface area contributed by atoms with Gasteiger partial charge >= 0.3 is 6.03 Å². The third-order valence-electron chi connectivity index (χ3n) is 5.86. The molecule has 0 bridgehead atoms. The number of likely N-dealkylation sites (tertiary alicyclic amines) is 2. The smallest absolute Gasteiger partial charge is 0.321 e. The Morgan fingerprint density at radius 2 is 1.87 bits per heavy atom. The number of nitrogens with one attached hydrogen (secondary N) is 1. The van der Waals surface area contributed by atoms with Gasteiger partial charge in [0.25, 0.3) is 5.91 Å². The normalized spacial score (nSPS) is 17.4. The van der Waals surface area contributed by atoms with Crippen LogP contribution in [-0.4, -0.2) is 59.2 Å². The minimum Gasteiger partial charge on any atom is -0.445 e. The predicted molar refractivity (Wildman–Crippen MR) is 117 cm³/mol. The SMILES string of the molecule is CSc1cccc(NC(=O)N2CCC(c3nc(C(=O)N4CCCC4)c(C)o3)CC2)c1. The molecule has 3 amide bonds. The van der Waals surface area contributed by atoms with E-state index in [1.807, 2.05) is 47.2 Å². The standard InChI is InChI=1S/C22H28N4O3S/c1-15-19(21(27)25-10-3-4-11-25)24-20(29-15)16-8-12-26(13-9-16)22(28)23-17-6-5-7-18(14-17)30-2/h5-7,14,16H,3-4,8-13H2,1-2H3,(H,23,28). The van der Waals surface area contributed by atoms with E-state index in [1.54, 1.807) is 11.8 Å². The molecular weight excluding hydrogens is 400 g/mol. The Balaban J connectivity index is 1.34. The van der Waals surface area contributed by atoms with Crippen molar-refractivity contribution in [2.75, 3.05) is 37.8 Å². The largest absolute Gasteiger partial charge is 0.445 e. The molecule has 2 saturated heterocycles. The summed E-state index contributed by atoms with van der Waals surface area (Å²) >= 11 is 1.65. The molecule has 2 aromatic rings. The van der Waals surface area contributed by atoms with Crippen LogP contribution >= 0.6 is 11.8 Å². The summed E-state index contributed by atoms with van der Waals surface area (Å²) in [6.45, 7) is 4.68. The van der Waals surface area contributed by atoms with Crippen molar-refractivity contribution < 1.29 is 14.0 Å². The van der Waals surface area contributed by atoms with E-state index >= 15 is 0 Å². The van der Waals surface area contributed by atoms with Crippen LogP contribution in [-0.2, 0) is 0 Å². The van der Waals surface area contributed by atoms with E-state index in [-0.39, 0.29) is 17.9 Å². The fraction of sp³-hybridized carbons (Fsp3) is 0.500. The topological polar surface area (TPSA) is 78.7 Å². The molecule has 2 aliphatic heterocycles. The lowest BCUT2D eigenvalue weighted by molar-refractivity contribution is 0.0786. The lowest BCUT2D eigenvalue weighted by atomic mass is 9.97. The second kappa shape index (κ2) is 9.12. The quantitative estimate of drug-likeness (QED) is 0.733. The number of aromatic nitrogens is 1. The zero-order valence-corrected chi connectivity index (χ0v) is 18.3. The van der Waals surface area contributed by atoms with E-state index in [1.165, 1.54) is 0 Å². The Morgan fingerprint density at radius 1 is 1.13 bits per heavy atom. The predicted octanol–water partition coefficient (Wildman–Crippen LogP) is 4.35. The van der Waals surface area contributed by atoms with Crippen LogP contribution in [0.2, 0.25) is 0 Å². The molecule has 1 aromatic heterocycles. The Kier molecular flexibility index (Phi) is 6.32. The van der Waals surface area contributed by atoms with E-state index in [2.05, 4.69) is 10.3 Å². The van der Waals surface area contributed by atoms with Gasteiger partial charge in [-0.2, -0.15) is 0 Å². The van der Waals surface area contributed by atoms with Crippen molar-refractivity contribution >= 4 is 29.4 Å². The van der Waals surface area contributed by atoms with Gasteiger partial charge in [0, 0.05) is 42.7 Å². The van der Waals surface area contributed by atoms with Gasteiger partial charge in [0.1, 0.15) is 5.76 Å². The van der Waals surface area contributed by atoms with Crippen LogP contribution in [0.5, 0.6) is 0 Å². The Bertz CT molecular complexity index is 915. The summed E-state index contributed by atoms with van der Waals surface area (Å²) < 4.78 is 5.87. The van der Waals surface area contributed by atoms with Crippen LogP contribution in [0.25, 0.3) is 0 Å². The van der Waals surface area contributed by atoms with Gasteiger partial charge in [-0.1, -0.05) is 6.07 Å². The number of hydrogen-bond donors (Lipinski definition) is 1. The summed E-state index contributed by atoms with van der Waals surface area (Å²) in [6, 6.07) is 7.76. The second-order valence-corrected chi connectivity index (χ2v) is 8.76. The van der Waals surface area contributed by atoms with Crippen molar-refractivity contribution in [3.8, 4) is 0 Å². The number of thioether (sulfide) groups is 1. The summed E-state index contributed by atoms with van der Waals surface area (Å²) in [4.78, 5) is 34.6. The third-order valence-corrected chi connectivity index (χ3v) is 6.59. The molecule has 0 unspecified atom stereocenters. The van der Waals surface area contributed by atoms with Crippen LogP contribution in [0.4, 0.5) is 10.5 Å². The first kappa shape index (κ1) is 20.8. The van der Waals surface area contributed by atoms with Crippen molar-refractivity contribution in [2.45, 2.75) is 43.4 Å². The first-order valence-corrected chi connectivity index (χ1v) is 11.7. The summed E-state index contributed by atoms with van der Waals surface area (Å²) in [7, 11) is 0. The maximum atomic E-state index is 12.7. The van der Waals surface area contributed by atoms with Gasteiger partial charge in [-0.25, -0.2) is 9.78 Å². The highest BCUT2D eigenvalue weighted by molar-refractivity contribution is 7.98. The number of piperidine rings is 1. The number of carbonyl (C=O) groups is 2. The van der Waals surface area contributed by atoms with Crippen molar-refractivity contribution in [3.63, 3.8) is 0 Å². The van der Waals surface area contributed by atoms with E-state index in [4.69, 9.17) is 4.42 Å². The number of nitrogens with zero attached hydrogens (tertiary/aromatic N) is 3. The summed E-state index contributed by atoms with van der Waals surface area (Å²) in [6.07, 6.45) is 5.67. The maximum Gasteiger partial charge on any atom is 0.321 e. The zero-order valence-electron chi connectivity index (χ0n) is 17.5. The minimum atomic E-state index is -0.0832. The van der Waals surface area contributed by atoms with E-state index < -0.39 is 0 Å². The average Bonchev–Trinajstić information content (AvgIpc) is 3.44. The van der Waals surface area contributed by atoms with Gasteiger partial charge in [-0.15, -0.1) is 11.8 Å². The number of oxazole rings is 1. The lowest BCUT2D eigenvalue weighted by Crippen LogP contribution is -2.40. The molecule has 3 heterocycles. The number of urea groups is 1. The molecule has 2 aliphatic rings. The Hall–Kier alpha value is -2.48. The maximum absolute atomic E-state index is 12.7. The Labute approximate surface area is 181 Å². The first-order chi connectivity index (χ1) is 14.5. The van der Waals surface area contributed by atoms with E-state index in [0.29, 0.717) is 30.4 Å². The highest BCUT2D eigenvalue weighted by atomic mass is 32.2. The molecule has 0 atom stereocenters. The first-order valence-electron chi connectivity index (χ1n) is 10.5. The molecule has 0 saturated carbocycles. The highest BCUT2D eigenvalue weighted by Gasteiger charge is 2.30. The molecule has 0 spiro atoms. The van der Waals surface area contributed by atoms with Gasteiger partial charge in [0.05, 0.1) is 0 Å². The molecule has 160 valence electrons. The molecule has 7 nitrogen and oxygen atoms in total. The van der Waals surface area contributed by atoms with E-state index in [0.717, 1.165) is 49.4 Å². The monoisotopic (exact) mass is 428 g/mol. The number of hydrogen-bond acceptors (Lipinski definition) is 5. The number of carbonyl (C=O) groups excluding carboxylic acids is 2. The van der Waals surface area contributed by atoms with Crippen molar-refractivity contribution in [2.24, 2.45) is 0 Å². The van der Waals surface area contributed by atoms with Gasteiger partial charge in [0.15, 0.2) is 11.6 Å². The molecule has 1 aromatic carbocycles. The van der Waals surface area contributed by atoms with Crippen LogP contribution < -0.4 is 5.32 Å². The fourth-order valence-corrected chi connectivity index (χ4v) is 4.55. The van der Waals surface area contributed by atoms with Gasteiger partial charge in [0.2, 0.25) is 0 Å². The number of benzene rings is 1. The van der Waals surface area contributed by atoms with Crippen molar-refractivity contribution in [3.05, 3.63) is 41.6 Å². The van der Waals surface area contributed by atoms with E-state index in [9.17, 15) is 9.59 Å². The molecule has 2 fully saturated rings. The lowest BCUT2D eigenvalue weighted by Gasteiger charge is -2.30. The number of amides is 3. The fourth-order valence-electron chi connectivity index (χ4n) is 4.09. The molecule has 1 N–H and O–H groups in total. The van der Waals surface area contributed by atoms with Crippen LogP contribution in [0.3, 0.4) is 0 Å². The van der Waals surface area contributed by atoms with Gasteiger partial charge in [-0.3, -0.25) is 4.79 Å². The molecule has 0 aliphatic carbocycles. The van der Waals surface area contributed by atoms with Gasteiger partial charge in [-0.05, 0) is 57.1 Å². The average molecular weight is 429 g/mol. The molecule has 8 heteroatoms. The van der Waals surface area contributed by atoms with Gasteiger partial charge < -0.3 is 19.5 Å². The summed E-state index contributed by atoms with van der Waals surface area (Å²) in [5.41, 5.74) is 1.25. The molecule has 0 radical (unpaired) electrons. The molecule has 4 rings (SSSR count). The Morgan fingerprint density at radius 3 is 2.57 bits per heavy atom. The summed E-state index contributed by atoms with van der Waals surface area (Å²) in [5, 5.41) is 2.98.